The Balaban J connectivity index is 2.41. The van der Waals surface area contributed by atoms with Gasteiger partial charge in [-0.25, -0.2) is 0 Å². The zero-order valence-corrected chi connectivity index (χ0v) is 7.75. The van der Waals surface area contributed by atoms with E-state index in [9.17, 15) is 0 Å². The highest BCUT2D eigenvalue weighted by Crippen LogP contribution is 2.01. The second-order valence-electron chi connectivity index (χ2n) is 2.30. The van der Waals surface area contributed by atoms with Gasteiger partial charge in [0.05, 0.1) is 0 Å². The van der Waals surface area contributed by atoms with Gasteiger partial charge < -0.3 is 5.32 Å². The molecule has 0 unspecified atom stereocenters. The van der Waals surface area contributed by atoms with E-state index in [4.69, 9.17) is 11.6 Å². The first-order valence-electron chi connectivity index (χ1n) is 3.89. The zero-order valence-electron chi connectivity index (χ0n) is 7.00. The topological polar surface area (TPSA) is 29.9 Å². The van der Waals surface area contributed by atoms with Gasteiger partial charge in [0.2, 0.25) is 0 Å². The van der Waals surface area contributed by atoms with E-state index in [0.717, 1.165) is 12.4 Å². The molecule has 0 atom stereocenters. The van der Waals surface area contributed by atoms with E-state index in [1.165, 1.54) is 5.54 Å². The molecule has 0 amide bonds. The average Bonchev–Trinajstić information content (AvgIpc) is 2.53. The Morgan fingerprint density at radius 2 is 2.58 bits per heavy atom. The molecule has 1 aromatic heterocycles. The van der Waals surface area contributed by atoms with Crippen molar-refractivity contribution in [3.05, 3.63) is 23.9 Å². The van der Waals surface area contributed by atoms with Crippen LogP contribution in [0.15, 0.2) is 23.9 Å². The Hall–Kier alpha value is -0.960. The lowest BCUT2D eigenvalue weighted by atomic mass is 10.5. The van der Waals surface area contributed by atoms with Crippen molar-refractivity contribution >= 4 is 17.4 Å². The largest absolute Gasteiger partial charge is 0.365 e. The van der Waals surface area contributed by atoms with E-state index in [0.29, 0.717) is 6.54 Å². The van der Waals surface area contributed by atoms with Crippen molar-refractivity contribution in [3.63, 3.8) is 0 Å². The number of nitrogens with one attached hydrogen (secondary N) is 1. The van der Waals surface area contributed by atoms with Gasteiger partial charge in [-0.1, -0.05) is 17.7 Å². The number of nitrogens with zero attached hydrogens (tertiary/aromatic N) is 2. The van der Waals surface area contributed by atoms with Crippen molar-refractivity contribution in [1.82, 2.24) is 9.78 Å². The van der Waals surface area contributed by atoms with Crippen LogP contribution in [0.3, 0.4) is 0 Å². The van der Waals surface area contributed by atoms with Gasteiger partial charge in [-0.15, -0.1) is 0 Å². The molecule has 1 N–H and O–H groups in total. The van der Waals surface area contributed by atoms with Crippen molar-refractivity contribution < 1.29 is 0 Å². The van der Waals surface area contributed by atoms with E-state index in [1.807, 2.05) is 23.0 Å². The molecule has 0 saturated heterocycles. The molecule has 0 aliphatic rings. The minimum Gasteiger partial charge on any atom is -0.365 e. The van der Waals surface area contributed by atoms with Gasteiger partial charge in [-0.2, -0.15) is 5.10 Å². The predicted molar refractivity (Wildman–Crippen MR) is 51.4 cm³/mol. The lowest BCUT2D eigenvalue weighted by Gasteiger charge is -1.96. The molecular formula is C8H12ClN3. The molecule has 66 valence electrons. The number of rotatable bonds is 4. The predicted octanol–water partition coefficient (Wildman–Crippen LogP) is 2.07. The molecule has 12 heavy (non-hydrogen) atoms. The molecule has 1 rings (SSSR count). The molecule has 0 bridgehead atoms. The summed E-state index contributed by atoms with van der Waals surface area (Å²) in [4.78, 5) is 0. The number of halogens is 1. The Labute approximate surface area is 77.0 Å². The third kappa shape index (κ3) is 2.58. The first kappa shape index (κ1) is 9.13. The van der Waals surface area contributed by atoms with Crippen molar-refractivity contribution in [2.24, 2.45) is 0 Å². The van der Waals surface area contributed by atoms with Crippen LogP contribution in [0.1, 0.15) is 6.92 Å². The highest BCUT2D eigenvalue weighted by atomic mass is 35.5. The molecule has 0 fully saturated rings. The lowest BCUT2D eigenvalue weighted by Crippen LogP contribution is -2.00. The Morgan fingerprint density at radius 1 is 1.75 bits per heavy atom. The molecule has 0 aliphatic carbocycles. The van der Waals surface area contributed by atoms with E-state index in [-0.39, 0.29) is 0 Å². The van der Waals surface area contributed by atoms with Gasteiger partial charge in [-0.05, 0) is 6.92 Å². The minimum atomic E-state index is 0.713. The third-order valence-corrected chi connectivity index (χ3v) is 1.63. The summed E-state index contributed by atoms with van der Waals surface area (Å²) in [6, 6.07) is 1.94. The van der Waals surface area contributed by atoms with Gasteiger partial charge in [0, 0.05) is 30.9 Å². The highest BCUT2D eigenvalue weighted by molar-refractivity contribution is 6.25. The first-order chi connectivity index (χ1) is 5.86. The van der Waals surface area contributed by atoms with E-state index in [2.05, 4.69) is 17.3 Å². The molecule has 4 heteroatoms. The third-order valence-electron chi connectivity index (χ3n) is 1.45. The normalized spacial score (nSPS) is 10.8. The van der Waals surface area contributed by atoms with Crippen LogP contribution in [0.5, 0.6) is 0 Å². The molecule has 0 aromatic carbocycles. The molecule has 1 aromatic rings. The number of hydrogen-bond acceptors (Lipinski definition) is 2. The van der Waals surface area contributed by atoms with E-state index >= 15 is 0 Å². The molecule has 0 aliphatic heterocycles. The number of anilines is 1. The van der Waals surface area contributed by atoms with Crippen LogP contribution in [-0.2, 0) is 6.54 Å². The standard InChI is InChI=1S/C8H12ClN3/c1-2-12-7-4-8(11-12)10-6-3-5-9/h3-5,7H,2,6H2,1H3,(H,10,11)/b5-3+. The fraction of sp³-hybridized carbons (Fsp3) is 0.375. The SMILES string of the molecule is CCn1ccc(NC/C=C/Cl)n1. The van der Waals surface area contributed by atoms with Gasteiger partial charge in [0.1, 0.15) is 5.82 Å². The summed E-state index contributed by atoms with van der Waals surface area (Å²) in [5.41, 5.74) is 1.49. The van der Waals surface area contributed by atoms with Crippen LogP contribution in [0.4, 0.5) is 5.82 Å². The maximum Gasteiger partial charge on any atom is 0.148 e. The monoisotopic (exact) mass is 185 g/mol. The van der Waals surface area contributed by atoms with E-state index < -0.39 is 0 Å². The molecule has 0 saturated carbocycles. The fourth-order valence-electron chi connectivity index (χ4n) is 0.840. The van der Waals surface area contributed by atoms with E-state index in [1.54, 1.807) is 0 Å². The number of aromatic nitrogens is 2. The smallest absolute Gasteiger partial charge is 0.148 e. The van der Waals surface area contributed by atoms with Crippen molar-refractivity contribution in [1.29, 1.82) is 0 Å². The van der Waals surface area contributed by atoms with Gasteiger partial charge in [0.15, 0.2) is 0 Å². The summed E-state index contributed by atoms with van der Waals surface area (Å²) < 4.78 is 1.87. The molecule has 0 spiro atoms. The van der Waals surface area contributed by atoms with Gasteiger partial charge in [0.25, 0.3) is 0 Å². The van der Waals surface area contributed by atoms with Crippen LogP contribution in [0, 0.1) is 0 Å². The number of hydrogen-bond donors (Lipinski definition) is 1. The summed E-state index contributed by atoms with van der Waals surface area (Å²) in [6.07, 6.45) is 3.76. The quantitative estimate of drug-likeness (QED) is 0.779. The lowest BCUT2D eigenvalue weighted by molar-refractivity contribution is 0.662. The molecular weight excluding hydrogens is 174 g/mol. The van der Waals surface area contributed by atoms with Crippen LogP contribution in [0.2, 0.25) is 0 Å². The fourth-order valence-corrected chi connectivity index (χ4v) is 0.929. The van der Waals surface area contributed by atoms with Crippen molar-refractivity contribution in [3.8, 4) is 0 Å². The second kappa shape index (κ2) is 4.83. The van der Waals surface area contributed by atoms with Gasteiger partial charge in [-0.3, -0.25) is 4.68 Å². The first-order valence-corrected chi connectivity index (χ1v) is 4.33. The van der Waals surface area contributed by atoms with Crippen LogP contribution >= 0.6 is 11.6 Å². The maximum absolute atomic E-state index is 5.35. The molecule has 1 heterocycles. The summed E-state index contributed by atoms with van der Waals surface area (Å²) >= 11 is 5.35. The summed E-state index contributed by atoms with van der Waals surface area (Å²) in [7, 11) is 0. The Morgan fingerprint density at radius 3 is 3.17 bits per heavy atom. The summed E-state index contributed by atoms with van der Waals surface area (Å²) in [5, 5.41) is 7.33. The average molecular weight is 186 g/mol. The highest BCUT2D eigenvalue weighted by Gasteiger charge is 1.93. The zero-order chi connectivity index (χ0) is 8.81. The van der Waals surface area contributed by atoms with Crippen LogP contribution in [-0.4, -0.2) is 16.3 Å². The maximum atomic E-state index is 5.35. The second-order valence-corrected chi connectivity index (χ2v) is 2.55. The summed E-state index contributed by atoms with van der Waals surface area (Å²) in [6.45, 7) is 3.66. The summed E-state index contributed by atoms with van der Waals surface area (Å²) in [5.74, 6) is 0.881. The Kier molecular flexibility index (Phi) is 3.67. The number of aryl methyl sites for hydroxylation is 1. The Bertz CT molecular complexity index is 255. The van der Waals surface area contributed by atoms with Crippen LogP contribution < -0.4 is 5.32 Å². The minimum absolute atomic E-state index is 0.713. The van der Waals surface area contributed by atoms with Gasteiger partial charge >= 0.3 is 0 Å². The van der Waals surface area contributed by atoms with Crippen LogP contribution in [0.25, 0.3) is 0 Å². The van der Waals surface area contributed by atoms with Crippen molar-refractivity contribution in [2.45, 2.75) is 13.5 Å². The molecule has 0 radical (unpaired) electrons. The van der Waals surface area contributed by atoms with Crippen molar-refractivity contribution in [2.75, 3.05) is 11.9 Å². The molecule has 3 nitrogen and oxygen atoms in total.